The Kier molecular flexibility index (Phi) is 3.56. The van der Waals surface area contributed by atoms with Crippen molar-refractivity contribution < 1.29 is 9.84 Å². The van der Waals surface area contributed by atoms with Crippen LogP contribution in [0.15, 0.2) is 18.2 Å². The van der Waals surface area contributed by atoms with E-state index in [0.717, 1.165) is 25.1 Å². The van der Waals surface area contributed by atoms with E-state index in [-0.39, 0.29) is 5.75 Å². The van der Waals surface area contributed by atoms with Crippen LogP contribution in [0, 0.1) is 0 Å². The first kappa shape index (κ1) is 11.6. The molecule has 1 aromatic carbocycles. The summed E-state index contributed by atoms with van der Waals surface area (Å²) in [4.78, 5) is 0. The van der Waals surface area contributed by atoms with Gasteiger partial charge < -0.3 is 15.2 Å². The molecule has 1 aliphatic rings. The van der Waals surface area contributed by atoms with Crippen LogP contribution in [0.2, 0.25) is 5.02 Å². The normalized spacial score (nSPS) is 23.9. The summed E-state index contributed by atoms with van der Waals surface area (Å²) >= 11 is 5.82. The molecular formula is C12H16ClNO2. The molecule has 2 rings (SSSR count). The van der Waals surface area contributed by atoms with Crippen molar-refractivity contribution in [3.05, 3.63) is 23.2 Å². The number of anilines is 1. The highest BCUT2D eigenvalue weighted by Gasteiger charge is 2.29. The number of rotatable bonds is 4. The highest BCUT2D eigenvalue weighted by molar-refractivity contribution is 6.32. The maximum atomic E-state index is 9.28. The predicted octanol–water partition coefficient (Wildman–Crippen LogP) is 3.03. The number of ether oxygens (including phenoxy) is 1. The molecule has 0 heterocycles. The third-order valence-corrected chi connectivity index (χ3v) is 3.12. The molecule has 4 heteroatoms. The summed E-state index contributed by atoms with van der Waals surface area (Å²) in [5.74, 6) is 0.119. The van der Waals surface area contributed by atoms with Crippen LogP contribution in [-0.4, -0.2) is 23.9 Å². The van der Waals surface area contributed by atoms with Gasteiger partial charge in [-0.25, -0.2) is 0 Å². The van der Waals surface area contributed by atoms with Gasteiger partial charge in [-0.05, 0) is 38.0 Å². The van der Waals surface area contributed by atoms with E-state index >= 15 is 0 Å². The van der Waals surface area contributed by atoms with E-state index in [1.807, 2.05) is 13.0 Å². The molecule has 0 atom stereocenters. The number of phenols is 1. The number of nitrogens with one attached hydrogen (secondary N) is 1. The van der Waals surface area contributed by atoms with Gasteiger partial charge in [0, 0.05) is 18.3 Å². The second-order valence-electron chi connectivity index (χ2n) is 4.06. The monoisotopic (exact) mass is 241 g/mol. The molecule has 2 N–H and O–H groups in total. The number of hydrogen-bond donors (Lipinski definition) is 2. The van der Waals surface area contributed by atoms with Crippen LogP contribution in [0.5, 0.6) is 5.75 Å². The fraction of sp³-hybridized carbons (Fsp3) is 0.500. The zero-order valence-corrected chi connectivity index (χ0v) is 10.00. The SMILES string of the molecule is CCOC1CC(Nc2ccc(O)c(Cl)c2)C1. The van der Waals surface area contributed by atoms with Gasteiger partial charge in [-0.2, -0.15) is 0 Å². The number of halogens is 1. The van der Waals surface area contributed by atoms with Crippen molar-refractivity contribution in [1.82, 2.24) is 0 Å². The molecule has 1 fully saturated rings. The predicted molar refractivity (Wildman–Crippen MR) is 65.2 cm³/mol. The van der Waals surface area contributed by atoms with Gasteiger partial charge in [0.2, 0.25) is 0 Å². The summed E-state index contributed by atoms with van der Waals surface area (Å²) in [6, 6.07) is 5.63. The van der Waals surface area contributed by atoms with Crippen molar-refractivity contribution in [2.24, 2.45) is 0 Å². The van der Waals surface area contributed by atoms with Crippen molar-refractivity contribution in [1.29, 1.82) is 0 Å². The molecule has 0 bridgehead atoms. The summed E-state index contributed by atoms with van der Waals surface area (Å²) in [5, 5.41) is 13.0. The highest BCUT2D eigenvalue weighted by Crippen LogP contribution is 2.30. The van der Waals surface area contributed by atoms with E-state index in [4.69, 9.17) is 16.3 Å². The number of hydrogen-bond acceptors (Lipinski definition) is 3. The average molecular weight is 242 g/mol. The third-order valence-electron chi connectivity index (χ3n) is 2.82. The molecule has 88 valence electrons. The minimum atomic E-state index is 0.119. The largest absolute Gasteiger partial charge is 0.506 e. The molecule has 0 aromatic heterocycles. The number of aromatic hydroxyl groups is 1. The van der Waals surface area contributed by atoms with Gasteiger partial charge in [-0.3, -0.25) is 0 Å². The molecule has 1 saturated carbocycles. The van der Waals surface area contributed by atoms with E-state index in [1.54, 1.807) is 12.1 Å². The van der Waals surface area contributed by atoms with Gasteiger partial charge in [-0.1, -0.05) is 11.6 Å². The van der Waals surface area contributed by atoms with Crippen LogP contribution in [0.4, 0.5) is 5.69 Å². The summed E-state index contributed by atoms with van der Waals surface area (Å²) in [6.07, 6.45) is 2.47. The zero-order chi connectivity index (χ0) is 11.5. The van der Waals surface area contributed by atoms with Gasteiger partial charge in [-0.15, -0.1) is 0 Å². The van der Waals surface area contributed by atoms with Crippen LogP contribution in [0.3, 0.4) is 0 Å². The fourth-order valence-electron chi connectivity index (χ4n) is 1.89. The van der Waals surface area contributed by atoms with Crippen LogP contribution in [-0.2, 0) is 4.74 Å². The molecule has 0 radical (unpaired) electrons. The van der Waals surface area contributed by atoms with Gasteiger partial charge in [0.05, 0.1) is 11.1 Å². The fourth-order valence-corrected chi connectivity index (χ4v) is 2.07. The lowest BCUT2D eigenvalue weighted by atomic mass is 9.89. The molecule has 16 heavy (non-hydrogen) atoms. The molecule has 0 spiro atoms. The average Bonchev–Trinajstić information content (AvgIpc) is 2.20. The Bertz CT molecular complexity index is 364. The first-order valence-corrected chi connectivity index (χ1v) is 5.93. The third kappa shape index (κ3) is 2.60. The van der Waals surface area contributed by atoms with Gasteiger partial charge in [0.1, 0.15) is 5.75 Å². The maximum Gasteiger partial charge on any atom is 0.134 e. The smallest absolute Gasteiger partial charge is 0.134 e. The Morgan fingerprint density at radius 3 is 2.88 bits per heavy atom. The van der Waals surface area contributed by atoms with Gasteiger partial charge in [0.25, 0.3) is 0 Å². The quantitative estimate of drug-likeness (QED) is 0.797. The van der Waals surface area contributed by atoms with E-state index in [9.17, 15) is 5.11 Å². The first-order valence-electron chi connectivity index (χ1n) is 5.55. The second-order valence-corrected chi connectivity index (χ2v) is 4.46. The van der Waals surface area contributed by atoms with Crippen molar-refractivity contribution >= 4 is 17.3 Å². The molecule has 0 saturated heterocycles. The van der Waals surface area contributed by atoms with Crippen molar-refractivity contribution in [2.75, 3.05) is 11.9 Å². The Labute approximate surface area is 100 Å². The van der Waals surface area contributed by atoms with E-state index in [1.165, 1.54) is 0 Å². The summed E-state index contributed by atoms with van der Waals surface area (Å²) < 4.78 is 5.48. The summed E-state index contributed by atoms with van der Waals surface area (Å²) in [6.45, 7) is 2.79. The second kappa shape index (κ2) is 4.93. The lowest BCUT2D eigenvalue weighted by Gasteiger charge is -2.36. The molecule has 0 amide bonds. The Balaban J connectivity index is 1.84. The number of benzene rings is 1. The zero-order valence-electron chi connectivity index (χ0n) is 9.24. The Hall–Kier alpha value is -0.930. The molecule has 1 aliphatic carbocycles. The van der Waals surface area contributed by atoms with Crippen molar-refractivity contribution in [2.45, 2.75) is 31.9 Å². The maximum absolute atomic E-state index is 9.28. The minimum Gasteiger partial charge on any atom is -0.506 e. The van der Waals surface area contributed by atoms with Crippen molar-refractivity contribution in [3.8, 4) is 5.75 Å². The van der Waals surface area contributed by atoms with E-state index in [0.29, 0.717) is 17.2 Å². The summed E-state index contributed by atoms with van der Waals surface area (Å²) in [7, 11) is 0. The number of phenolic OH excluding ortho intramolecular Hbond substituents is 1. The first-order chi connectivity index (χ1) is 7.69. The highest BCUT2D eigenvalue weighted by atomic mass is 35.5. The van der Waals surface area contributed by atoms with Crippen molar-refractivity contribution in [3.63, 3.8) is 0 Å². The lowest BCUT2D eigenvalue weighted by Crippen LogP contribution is -2.40. The molecule has 0 aliphatic heterocycles. The summed E-state index contributed by atoms with van der Waals surface area (Å²) in [5.41, 5.74) is 0.947. The molecule has 0 unspecified atom stereocenters. The van der Waals surface area contributed by atoms with Gasteiger partial charge in [0.15, 0.2) is 0 Å². The van der Waals surface area contributed by atoms with Crippen LogP contribution >= 0.6 is 11.6 Å². The lowest BCUT2D eigenvalue weighted by molar-refractivity contribution is 0.00299. The molecular weight excluding hydrogens is 226 g/mol. The topological polar surface area (TPSA) is 41.5 Å². The minimum absolute atomic E-state index is 0.119. The molecule has 3 nitrogen and oxygen atoms in total. The van der Waals surface area contributed by atoms with E-state index in [2.05, 4.69) is 5.32 Å². The van der Waals surface area contributed by atoms with Crippen LogP contribution < -0.4 is 5.32 Å². The van der Waals surface area contributed by atoms with E-state index < -0.39 is 0 Å². The Morgan fingerprint density at radius 1 is 1.50 bits per heavy atom. The Morgan fingerprint density at radius 2 is 2.25 bits per heavy atom. The van der Waals surface area contributed by atoms with Crippen LogP contribution in [0.25, 0.3) is 0 Å². The van der Waals surface area contributed by atoms with Gasteiger partial charge >= 0.3 is 0 Å². The molecule has 1 aromatic rings. The standard InChI is InChI=1S/C12H16ClNO2/c1-2-16-10-5-9(6-10)14-8-3-4-12(15)11(13)7-8/h3-4,7,9-10,14-15H,2,5-6H2,1H3. The van der Waals surface area contributed by atoms with Crippen LogP contribution in [0.1, 0.15) is 19.8 Å².